The number of carbonyl (C=O) groups is 1. The van der Waals surface area contributed by atoms with Crippen molar-refractivity contribution in [3.05, 3.63) is 71.4 Å². The highest BCUT2D eigenvalue weighted by Gasteiger charge is 2.31. The summed E-state index contributed by atoms with van der Waals surface area (Å²) >= 11 is 0. The quantitative estimate of drug-likeness (QED) is 0.652. The molecule has 0 saturated heterocycles. The molecule has 7 nitrogen and oxygen atoms in total. The second kappa shape index (κ2) is 9.53. The third-order valence-electron chi connectivity index (χ3n) is 5.19. The van der Waals surface area contributed by atoms with Crippen molar-refractivity contribution in [1.82, 2.24) is 14.1 Å². The van der Waals surface area contributed by atoms with Crippen LogP contribution >= 0.6 is 0 Å². The van der Waals surface area contributed by atoms with E-state index in [0.717, 1.165) is 16.7 Å². The van der Waals surface area contributed by atoms with Gasteiger partial charge in [0, 0.05) is 57.6 Å². The zero-order chi connectivity index (χ0) is 22.6. The van der Waals surface area contributed by atoms with Crippen LogP contribution in [0.2, 0.25) is 0 Å². The van der Waals surface area contributed by atoms with E-state index in [1.165, 1.54) is 9.21 Å². The van der Waals surface area contributed by atoms with Gasteiger partial charge in [-0.2, -0.15) is 4.31 Å². The summed E-state index contributed by atoms with van der Waals surface area (Å²) in [4.78, 5) is 15.6. The second-order valence-electron chi connectivity index (χ2n) is 7.51. The van der Waals surface area contributed by atoms with Gasteiger partial charge >= 0.3 is 6.09 Å². The number of rotatable bonds is 7. The Morgan fingerprint density at radius 2 is 1.68 bits per heavy atom. The summed E-state index contributed by atoms with van der Waals surface area (Å²) < 4.78 is 33.7. The molecule has 2 aromatic carbocycles. The lowest BCUT2D eigenvalue weighted by molar-refractivity contribution is 0.171. The fourth-order valence-electron chi connectivity index (χ4n) is 3.55. The van der Waals surface area contributed by atoms with Gasteiger partial charge in [0.1, 0.15) is 10.7 Å². The van der Waals surface area contributed by atoms with Crippen molar-refractivity contribution >= 4 is 21.0 Å². The van der Waals surface area contributed by atoms with Crippen LogP contribution in [-0.4, -0.2) is 55.8 Å². The number of para-hydroxylation sites is 1. The molecule has 0 fully saturated rings. The van der Waals surface area contributed by atoms with Gasteiger partial charge in [-0.3, -0.25) is 0 Å². The molecule has 0 bridgehead atoms. The third-order valence-corrected chi connectivity index (χ3v) is 7.27. The SMILES string of the molecule is CCN(CC)S(=O)(=O)C1=CN(Cc2ccccc2OC(=O)N(C)C)Cc2ccccc21. The van der Waals surface area contributed by atoms with E-state index in [4.69, 9.17) is 4.74 Å². The summed E-state index contributed by atoms with van der Waals surface area (Å²) in [5.41, 5.74) is 2.48. The Bertz CT molecular complexity index is 1080. The minimum atomic E-state index is -3.64. The highest BCUT2D eigenvalue weighted by molar-refractivity contribution is 7.98. The lowest BCUT2D eigenvalue weighted by Gasteiger charge is -2.31. The van der Waals surface area contributed by atoms with Crippen molar-refractivity contribution in [2.24, 2.45) is 0 Å². The molecule has 0 aromatic heterocycles. The van der Waals surface area contributed by atoms with E-state index < -0.39 is 16.1 Å². The van der Waals surface area contributed by atoms with Crippen molar-refractivity contribution < 1.29 is 17.9 Å². The van der Waals surface area contributed by atoms with Crippen LogP contribution in [0.5, 0.6) is 5.75 Å². The average molecular weight is 444 g/mol. The fraction of sp³-hybridized carbons (Fsp3) is 0.348. The van der Waals surface area contributed by atoms with E-state index in [0.29, 0.717) is 36.8 Å². The minimum Gasteiger partial charge on any atom is -0.410 e. The van der Waals surface area contributed by atoms with Gasteiger partial charge in [0.15, 0.2) is 0 Å². The van der Waals surface area contributed by atoms with Crippen molar-refractivity contribution in [2.45, 2.75) is 26.9 Å². The highest BCUT2D eigenvalue weighted by Crippen LogP contribution is 2.34. The topological polar surface area (TPSA) is 70.2 Å². The van der Waals surface area contributed by atoms with E-state index in [1.54, 1.807) is 32.4 Å². The van der Waals surface area contributed by atoms with E-state index in [9.17, 15) is 13.2 Å². The zero-order valence-corrected chi connectivity index (χ0v) is 19.2. The summed E-state index contributed by atoms with van der Waals surface area (Å²) in [6, 6.07) is 14.9. The maximum Gasteiger partial charge on any atom is 0.414 e. The molecule has 1 aliphatic rings. The molecule has 1 amide bonds. The first-order valence-electron chi connectivity index (χ1n) is 10.3. The smallest absolute Gasteiger partial charge is 0.410 e. The Balaban J connectivity index is 1.98. The van der Waals surface area contributed by atoms with E-state index in [2.05, 4.69) is 0 Å². The van der Waals surface area contributed by atoms with Crippen LogP contribution in [0.15, 0.2) is 54.7 Å². The van der Waals surface area contributed by atoms with Gasteiger partial charge in [-0.05, 0) is 11.6 Å². The molecule has 3 rings (SSSR count). The number of benzene rings is 2. The zero-order valence-electron chi connectivity index (χ0n) is 18.4. The number of carbonyl (C=O) groups excluding carboxylic acids is 1. The molecule has 1 aliphatic heterocycles. The van der Waals surface area contributed by atoms with Crippen molar-refractivity contribution in [1.29, 1.82) is 0 Å². The van der Waals surface area contributed by atoms with Crippen molar-refractivity contribution in [3.8, 4) is 5.75 Å². The number of amides is 1. The van der Waals surface area contributed by atoms with E-state index in [1.807, 2.05) is 55.1 Å². The van der Waals surface area contributed by atoms with Gasteiger partial charge in [0.2, 0.25) is 10.0 Å². The summed E-state index contributed by atoms with van der Waals surface area (Å²) in [5, 5.41) is 0. The molecule has 0 radical (unpaired) electrons. The first-order chi connectivity index (χ1) is 14.8. The Morgan fingerprint density at radius 1 is 1.03 bits per heavy atom. The first kappa shape index (κ1) is 22.8. The monoisotopic (exact) mass is 443 g/mol. The number of sulfonamides is 1. The largest absolute Gasteiger partial charge is 0.414 e. The van der Waals surface area contributed by atoms with Gasteiger partial charge in [-0.25, -0.2) is 13.2 Å². The molecule has 0 atom stereocenters. The van der Waals surface area contributed by atoms with Crippen LogP contribution in [0, 0.1) is 0 Å². The van der Waals surface area contributed by atoms with Crippen LogP contribution in [0.4, 0.5) is 4.79 Å². The molecule has 0 aliphatic carbocycles. The predicted octanol–water partition coefficient (Wildman–Crippen LogP) is 3.73. The maximum absolute atomic E-state index is 13.4. The molecule has 0 saturated carbocycles. The van der Waals surface area contributed by atoms with Gasteiger partial charge in [-0.1, -0.05) is 56.3 Å². The number of hydrogen-bond acceptors (Lipinski definition) is 5. The van der Waals surface area contributed by atoms with Crippen LogP contribution < -0.4 is 4.74 Å². The van der Waals surface area contributed by atoms with Crippen molar-refractivity contribution in [2.75, 3.05) is 27.2 Å². The standard InChI is InChI=1S/C23H29N3O4S/c1-5-26(6-2)31(28,29)22-17-25(15-18-11-7-9-13-20(18)22)16-19-12-8-10-14-21(19)30-23(27)24(3)4/h7-14,17H,5-6,15-16H2,1-4H3. The van der Waals surface area contributed by atoms with Gasteiger partial charge in [-0.15, -0.1) is 0 Å². The Morgan fingerprint density at radius 3 is 2.35 bits per heavy atom. The second-order valence-corrected chi connectivity index (χ2v) is 9.42. The third kappa shape index (κ3) is 4.91. The number of hydrogen-bond donors (Lipinski definition) is 0. The summed E-state index contributed by atoms with van der Waals surface area (Å²) in [6.45, 7) is 5.45. The average Bonchev–Trinajstić information content (AvgIpc) is 2.75. The van der Waals surface area contributed by atoms with Crippen LogP contribution in [0.3, 0.4) is 0 Å². The minimum absolute atomic E-state index is 0.292. The van der Waals surface area contributed by atoms with E-state index >= 15 is 0 Å². The fourth-order valence-corrected chi connectivity index (χ4v) is 5.26. The number of nitrogens with zero attached hydrogens (tertiary/aromatic N) is 3. The lowest BCUT2D eigenvalue weighted by atomic mass is 10.0. The summed E-state index contributed by atoms with van der Waals surface area (Å²) in [7, 11) is -0.393. The van der Waals surface area contributed by atoms with Crippen LogP contribution in [0.1, 0.15) is 30.5 Å². The molecular weight excluding hydrogens is 414 g/mol. The number of fused-ring (bicyclic) bond motifs is 1. The molecule has 0 spiro atoms. The molecule has 8 heteroatoms. The van der Waals surface area contributed by atoms with Gasteiger partial charge in [0.25, 0.3) is 0 Å². The van der Waals surface area contributed by atoms with Crippen LogP contribution in [-0.2, 0) is 23.1 Å². The van der Waals surface area contributed by atoms with Crippen molar-refractivity contribution in [3.63, 3.8) is 0 Å². The predicted molar refractivity (Wildman–Crippen MR) is 122 cm³/mol. The van der Waals surface area contributed by atoms with Gasteiger partial charge < -0.3 is 14.5 Å². The Hall–Kier alpha value is -2.84. The Labute approximate surface area is 184 Å². The molecular formula is C23H29N3O4S. The highest BCUT2D eigenvalue weighted by atomic mass is 32.2. The Kier molecular flexibility index (Phi) is 7.02. The van der Waals surface area contributed by atoms with E-state index in [-0.39, 0.29) is 0 Å². The normalized spacial score (nSPS) is 13.6. The van der Waals surface area contributed by atoms with Gasteiger partial charge in [0.05, 0.1) is 0 Å². The molecule has 166 valence electrons. The summed E-state index contributed by atoms with van der Waals surface area (Å²) in [6.07, 6.45) is 1.25. The number of ether oxygens (including phenoxy) is 1. The maximum atomic E-state index is 13.4. The first-order valence-corrected chi connectivity index (χ1v) is 11.7. The molecule has 0 unspecified atom stereocenters. The lowest BCUT2D eigenvalue weighted by Crippen LogP contribution is -2.34. The molecule has 2 aromatic rings. The summed E-state index contributed by atoms with van der Waals surface area (Å²) in [5.74, 6) is 0.460. The molecule has 1 heterocycles. The molecule has 0 N–H and O–H groups in total. The molecule has 31 heavy (non-hydrogen) atoms. The van der Waals surface area contributed by atoms with Crippen LogP contribution in [0.25, 0.3) is 4.91 Å².